The zero-order valence-corrected chi connectivity index (χ0v) is 8.20. The Balaban J connectivity index is 3.40. The third-order valence-corrected chi connectivity index (χ3v) is 1.85. The first-order valence-electron chi connectivity index (χ1n) is 3.96. The average molecular weight is 215 g/mol. The van der Waals surface area contributed by atoms with E-state index in [9.17, 15) is 14.3 Å². The second kappa shape index (κ2) is 4.04. The summed E-state index contributed by atoms with van der Waals surface area (Å²) in [4.78, 5) is 11.1. The van der Waals surface area contributed by atoms with Gasteiger partial charge < -0.3 is 20.3 Å². The molecule has 0 aliphatic heterocycles. The van der Waals surface area contributed by atoms with Gasteiger partial charge in [0.1, 0.15) is 11.3 Å². The summed E-state index contributed by atoms with van der Waals surface area (Å²) in [7, 11) is 2.31. The lowest BCUT2D eigenvalue weighted by atomic mass is 10.1. The van der Waals surface area contributed by atoms with Crippen LogP contribution in [0.25, 0.3) is 0 Å². The number of benzene rings is 1. The summed E-state index contributed by atoms with van der Waals surface area (Å²) in [5.41, 5.74) is 4.69. The standard InChI is InChI=1S/C9H10FNO4/c1-14-8-5(10)3-4(9(13)15-2)7(12)6(8)11/h3,12H,11H2,1-2H3. The van der Waals surface area contributed by atoms with Crippen molar-refractivity contribution in [1.29, 1.82) is 0 Å². The molecule has 1 aromatic rings. The Bertz CT molecular complexity index is 406. The highest BCUT2D eigenvalue weighted by Crippen LogP contribution is 2.36. The number of carbonyl (C=O) groups excluding carboxylic acids is 1. The number of carbonyl (C=O) groups is 1. The highest BCUT2D eigenvalue weighted by atomic mass is 19.1. The van der Waals surface area contributed by atoms with Gasteiger partial charge in [0.05, 0.1) is 14.2 Å². The molecule has 15 heavy (non-hydrogen) atoms. The molecule has 0 unspecified atom stereocenters. The van der Waals surface area contributed by atoms with E-state index < -0.39 is 17.5 Å². The smallest absolute Gasteiger partial charge is 0.341 e. The maximum atomic E-state index is 13.3. The molecule has 1 rings (SSSR count). The van der Waals surface area contributed by atoms with Gasteiger partial charge in [-0.2, -0.15) is 0 Å². The van der Waals surface area contributed by atoms with Crippen molar-refractivity contribution >= 4 is 11.7 Å². The Kier molecular flexibility index (Phi) is 2.99. The van der Waals surface area contributed by atoms with Crippen LogP contribution in [0, 0.1) is 5.82 Å². The fourth-order valence-electron chi connectivity index (χ4n) is 1.11. The van der Waals surface area contributed by atoms with Crippen molar-refractivity contribution in [2.45, 2.75) is 0 Å². The van der Waals surface area contributed by atoms with Crippen molar-refractivity contribution in [2.24, 2.45) is 0 Å². The molecule has 0 aliphatic carbocycles. The van der Waals surface area contributed by atoms with Crippen LogP contribution in [0.2, 0.25) is 0 Å². The number of phenolic OH excluding ortho intramolecular Hbond substituents is 1. The van der Waals surface area contributed by atoms with Gasteiger partial charge in [-0.3, -0.25) is 0 Å². The van der Waals surface area contributed by atoms with Crippen molar-refractivity contribution in [2.75, 3.05) is 20.0 Å². The van der Waals surface area contributed by atoms with Gasteiger partial charge in [-0.1, -0.05) is 0 Å². The third-order valence-electron chi connectivity index (χ3n) is 1.85. The van der Waals surface area contributed by atoms with Gasteiger partial charge in [0.2, 0.25) is 0 Å². The molecule has 0 aromatic heterocycles. The Hall–Kier alpha value is -1.98. The maximum Gasteiger partial charge on any atom is 0.341 e. The number of ether oxygens (including phenoxy) is 2. The Morgan fingerprint density at radius 3 is 2.60 bits per heavy atom. The van der Waals surface area contributed by atoms with E-state index in [1.807, 2.05) is 0 Å². The molecular weight excluding hydrogens is 205 g/mol. The van der Waals surface area contributed by atoms with E-state index in [1.165, 1.54) is 7.11 Å². The summed E-state index contributed by atoms with van der Waals surface area (Å²) < 4.78 is 22.2. The average Bonchev–Trinajstić information content (AvgIpc) is 2.23. The molecule has 0 aliphatic rings. The molecule has 3 N–H and O–H groups in total. The summed E-state index contributed by atoms with van der Waals surface area (Å²) in [6.07, 6.45) is 0. The second-order valence-electron chi connectivity index (χ2n) is 2.69. The monoisotopic (exact) mass is 215 g/mol. The number of rotatable bonds is 2. The molecule has 0 amide bonds. The van der Waals surface area contributed by atoms with Gasteiger partial charge in [-0.05, 0) is 6.07 Å². The topological polar surface area (TPSA) is 81.8 Å². The summed E-state index contributed by atoms with van der Waals surface area (Å²) in [5, 5.41) is 9.46. The first-order chi connectivity index (χ1) is 7.02. The molecule has 0 radical (unpaired) electrons. The molecular formula is C9H10FNO4. The second-order valence-corrected chi connectivity index (χ2v) is 2.69. The van der Waals surface area contributed by atoms with Crippen LogP contribution in [0.15, 0.2) is 6.07 Å². The molecule has 1 aromatic carbocycles. The van der Waals surface area contributed by atoms with Crippen LogP contribution >= 0.6 is 0 Å². The molecule has 0 saturated carbocycles. The van der Waals surface area contributed by atoms with Crippen molar-refractivity contribution < 1.29 is 23.8 Å². The van der Waals surface area contributed by atoms with Crippen molar-refractivity contribution in [3.8, 4) is 11.5 Å². The summed E-state index contributed by atoms with van der Waals surface area (Å²) in [5.74, 6) is -2.57. The number of halogens is 1. The van der Waals surface area contributed by atoms with Gasteiger partial charge >= 0.3 is 5.97 Å². The number of methoxy groups -OCH3 is 2. The highest BCUT2D eigenvalue weighted by molar-refractivity contribution is 5.95. The van der Waals surface area contributed by atoms with E-state index in [0.717, 1.165) is 13.2 Å². The third kappa shape index (κ3) is 1.78. The van der Waals surface area contributed by atoms with Gasteiger partial charge in [0.15, 0.2) is 17.3 Å². The van der Waals surface area contributed by atoms with E-state index in [1.54, 1.807) is 0 Å². The van der Waals surface area contributed by atoms with Crippen LogP contribution in [0.5, 0.6) is 11.5 Å². The van der Waals surface area contributed by atoms with Crippen LogP contribution < -0.4 is 10.5 Å². The minimum absolute atomic E-state index is 0.305. The number of anilines is 1. The molecule has 0 bridgehead atoms. The molecule has 0 spiro atoms. The predicted octanol–water partition coefficient (Wildman–Crippen LogP) is 0.909. The van der Waals surface area contributed by atoms with E-state index in [-0.39, 0.29) is 17.0 Å². The summed E-state index contributed by atoms with van der Waals surface area (Å²) in [6, 6.07) is 0.802. The van der Waals surface area contributed by atoms with Crippen LogP contribution in [-0.4, -0.2) is 25.3 Å². The molecule has 82 valence electrons. The van der Waals surface area contributed by atoms with E-state index >= 15 is 0 Å². The molecule has 0 heterocycles. The number of aromatic hydroxyl groups is 1. The first kappa shape index (κ1) is 11.1. The maximum absolute atomic E-state index is 13.3. The quantitative estimate of drug-likeness (QED) is 0.435. The first-order valence-corrected chi connectivity index (χ1v) is 3.96. The van der Waals surface area contributed by atoms with Crippen LogP contribution in [-0.2, 0) is 4.74 Å². The van der Waals surface area contributed by atoms with Crippen molar-refractivity contribution in [1.82, 2.24) is 0 Å². The molecule has 0 fully saturated rings. The molecule has 5 nitrogen and oxygen atoms in total. The van der Waals surface area contributed by atoms with Gasteiger partial charge in [0, 0.05) is 0 Å². The Morgan fingerprint density at radius 2 is 2.13 bits per heavy atom. The minimum Gasteiger partial charge on any atom is -0.505 e. The number of esters is 1. The fourth-order valence-corrected chi connectivity index (χ4v) is 1.11. The lowest BCUT2D eigenvalue weighted by Crippen LogP contribution is -2.06. The van der Waals surface area contributed by atoms with Crippen LogP contribution in [0.4, 0.5) is 10.1 Å². The zero-order valence-electron chi connectivity index (χ0n) is 8.20. The number of nitrogens with two attached hydrogens (primary N) is 1. The number of phenols is 1. The van der Waals surface area contributed by atoms with Crippen LogP contribution in [0.1, 0.15) is 10.4 Å². The van der Waals surface area contributed by atoms with Gasteiger partial charge in [0.25, 0.3) is 0 Å². The number of hydrogen-bond acceptors (Lipinski definition) is 5. The van der Waals surface area contributed by atoms with Gasteiger partial charge in [-0.15, -0.1) is 0 Å². The Labute approximate surface area is 85.2 Å². The van der Waals surface area contributed by atoms with E-state index in [2.05, 4.69) is 9.47 Å². The zero-order chi connectivity index (χ0) is 11.6. The van der Waals surface area contributed by atoms with Gasteiger partial charge in [-0.25, -0.2) is 9.18 Å². The molecule has 6 heteroatoms. The summed E-state index contributed by atoms with van der Waals surface area (Å²) in [6.45, 7) is 0. The summed E-state index contributed by atoms with van der Waals surface area (Å²) >= 11 is 0. The molecule has 0 atom stereocenters. The minimum atomic E-state index is -0.874. The highest BCUT2D eigenvalue weighted by Gasteiger charge is 2.21. The van der Waals surface area contributed by atoms with E-state index in [0.29, 0.717) is 0 Å². The Morgan fingerprint density at radius 1 is 1.53 bits per heavy atom. The van der Waals surface area contributed by atoms with Crippen molar-refractivity contribution in [3.05, 3.63) is 17.4 Å². The lowest BCUT2D eigenvalue weighted by molar-refractivity contribution is 0.0597. The number of hydrogen-bond donors (Lipinski definition) is 2. The number of nitrogen functional groups attached to an aromatic ring is 1. The SMILES string of the molecule is COC(=O)c1cc(F)c(OC)c(N)c1O. The predicted molar refractivity (Wildman–Crippen MR) is 50.4 cm³/mol. The van der Waals surface area contributed by atoms with E-state index in [4.69, 9.17) is 5.73 Å². The fraction of sp³-hybridized carbons (Fsp3) is 0.222. The largest absolute Gasteiger partial charge is 0.505 e. The molecule has 0 saturated heterocycles. The normalized spacial score (nSPS) is 9.80. The van der Waals surface area contributed by atoms with Crippen molar-refractivity contribution in [3.63, 3.8) is 0 Å². The van der Waals surface area contributed by atoms with Crippen LogP contribution in [0.3, 0.4) is 0 Å². The lowest BCUT2D eigenvalue weighted by Gasteiger charge is -2.10.